The van der Waals surface area contributed by atoms with Gasteiger partial charge in [0, 0.05) is 25.2 Å². The zero-order chi connectivity index (χ0) is 14.0. The Morgan fingerprint density at radius 2 is 2.11 bits per heavy atom. The van der Waals surface area contributed by atoms with Gasteiger partial charge in [0.1, 0.15) is 16.5 Å². The summed E-state index contributed by atoms with van der Waals surface area (Å²) in [6, 6.07) is 2.58. The number of sulfonamides is 1. The summed E-state index contributed by atoms with van der Waals surface area (Å²) in [6.07, 6.45) is 1.60. The molecule has 106 valence electrons. The van der Waals surface area contributed by atoms with Crippen LogP contribution in [0.5, 0.6) is 0 Å². The lowest BCUT2D eigenvalue weighted by Gasteiger charge is -2.31. The first-order valence-electron chi connectivity index (χ1n) is 6.07. The lowest BCUT2D eigenvalue weighted by Crippen LogP contribution is -2.47. The summed E-state index contributed by atoms with van der Waals surface area (Å²) in [5.74, 6) is -1.84. The number of likely N-dealkylation sites (N-methyl/N-ethyl adjacent to an activating group) is 1. The van der Waals surface area contributed by atoms with Crippen LogP contribution < -0.4 is 5.32 Å². The van der Waals surface area contributed by atoms with Crippen LogP contribution in [0.25, 0.3) is 0 Å². The predicted octanol–water partition coefficient (Wildman–Crippen LogP) is 1.34. The minimum Gasteiger partial charge on any atom is -0.316 e. The molecule has 1 heterocycles. The van der Waals surface area contributed by atoms with Crippen molar-refractivity contribution < 1.29 is 17.2 Å². The van der Waals surface area contributed by atoms with Crippen molar-refractivity contribution in [2.75, 3.05) is 20.1 Å². The maximum Gasteiger partial charge on any atom is 0.246 e. The maximum absolute atomic E-state index is 13.6. The Hall–Kier alpha value is -1.05. The Kier molecular flexibility index (Phi) is 4.17. The van der Waals surface area contributed by atoms with E-state index in [1.54, 1.807) is 7.05 Å². The predicted molar refractivity (Wildman–Crippen MR) is 67.2 cm³/mol. The van der Waals surface area contributed by atoms with Crippen molar-refractivity contribution in [3.8, 4) is 0 Å². The fourth-order valence-corrected chi connectivity index (χ4v) is 3.79. The molecule has 0 aliphatic carbocycles. The molecule has 0 unspecified atom stereocenters. The number of rotatable bonds is 3. The molecule has 7 heteroatoms. The molecule has 0 saturated carbocycles. The van der Waals surface area contributed by atoms with Gasteiger partial charge < -0.3 is 5.32 Å². The van der Waals surface area contributed by atoms with Crippen LogP contribution in [0.3, 0.4) is 0 Å². The van der Waals surface area contributed by atoms with Crippen molar-refractivity contribution in [3.63, 3.8) is 0 Å². The molecule has 19 heavy (non-hydrogen) atoms. The number of nitrogens with zero attached hydrogens (tertiary/aromatic N) is 1. The Morgan fingerprint density at radius 1 is 1.37 bits per heavy atom. The molecule has 1 atom stereocenters. The molecule has 0 bridgehead atoms. The van der Waals surface area contributed by atoms with E-state index in [1.165, 1.54) is 4.31 Å². The van der Waals surface area contributed by atoms with Crippen LogP contribution in [0.2, 0.25) is 0 Å². The van der Waals surface area contributed by atoms with Gasteiger partial charge in [-0.05, 0) is 32.0 Å². The molecule has 1 saturated heterocycles. The summed E-state index contributed by atoms with van der Waals surface area (Å²) in [6.45, 7) is 0.660. The summed E-state index contributed by atoms with van der Waals surface area (Å²) in [4.78, 5) is -0.467. The van der Waals surface area contributed by atoms with Crippen LogP contribution in [0.4, 0.5) is 8.78 Å². The van der Waals surface area contributed by atoms with E-state index in [9.17, 15) is 17.2 Å². The van der Waals surface area contributed by atoms with Gasteiger partial charge in [-0.25, -0.2) is 17.2 Å². The van der Waals surface area contributed by atoms with Gasteiger partial charge >= 0.3 is 0 Å². The van der Waals surface area contributed by atoms with Gasteiger partial charge in [0.25, 0.3) is 0 Å². The van der Waals surface area contributed by atoms with Crippen LogP contribution in [0, 0.1) is 11.6 Å². The molecule has 1 fully saturated rings. The van der Waals surface area contributed by atoms with Crippen molar-refractivity contribution in [3.05, 3.63) is 29.8 Å². The minimum absolute atomic E-state index is 0.0621. The second-order valence-corrected chi connectivity index (χ2v) is 6.47. The average Bonchev–Trinajstić information content (AvgIpc) is 2.38. The normalized spacial score (nSPS) is 21.5. The largest absolute Gasteiger partial charge is 0.316 e. The van der Waals surface area contributed by atoms with Crippen molar-refractivity contribution in [1.82, 2.24) is 9.62 Å². The molecule has 4 nitrogen and oxygen atoms in total. The van der Waals surface area contributed by atoms with Crippen molar-refractivity contribution in [2.24, 2.45) is 0 Å². The van der Waals surface area contributed by atoms with E-state index < -0.39 is 26.6 Å². The molecule has 1 aliphatic heterocycles. The highest BCUT2D eigenvalue weighted by atomic mass is 32.2. The van der Waals surface area contributed by atoms with E-state index in [1.807, 2.05) is 0 Å². The highest BCUT2D eigenvalue weighted by Gasteiger charge is 2.31. The van der Waals surface area contributed by atoms with E-state index in [0.717, 1.165) is 18.6 Å². The lowest BCUT2D eigenvalue weighted by molar-refractivity contribution is 0.292. The minimum atomic E-state index is -3.90. The smallest absolute Gasteiger partial charge is 0.246 e. The van der Waals surface area contributed by atoms with Gasteiger partial charge in [0.2, 0.25) is 10.0 Å². The lowest BCUT2D eigenvalue weighted by atomic mass is 10.1. The number of hydrogen-bond donors (Lipinski definition) is 1. The zero-order valence-electron chi connectivity index (χ0n) is 10.6. The monoisotopic (exact) mass is 290 g/mol. The van der Waals surface area contributed by atoms with Crippen LogP contribution in [-0.4, -0.2) is 38.9 Å². The Labute approximate surface area is 111 Å². The van der Waals surface area contributed by atoms with Gasteiger partial charge in [-0.2, -0.15) is 4.31 Å². The van der Waals surface area contributed by atoms with Crippen LogP contribution in [-0.2, 0) is 10.0 Å². The molecule has 2 rings (SSSR count). The standard InChI is InChI=1S/C12H16F2N2O2S/c1-15-10-3-2-6-16(8-10)19(17,18)12-5-4-9(13)7-11(12)14/h4-5,7,10,15H,2-3,6,8H2,1H3/t10-/m0/s1. The molecule has 1 aromatic carbocycles. The van der Waals surface area contributed by atoms with E-state index in [0.29, 0.717) is 25.6 Å². The number of piperidine rings is 1. The summed E-state index contributed by atoms with van der Waals surface area (Å²) < 4.78 is 52.3. The van der Waals surface area contributed by atoms with Crippen molar-refractivity contribution in [2.45, 2.75) is 23.8 Å². The average molecular weight is 290 g/mol. The van der Waals surface area contributed by atoms with Crippen molar-refractivity contribution >= 4 is 10.0 Å². The van der Waals surface area contributed by atoms with Gasteiger partial charge in [-0.3, -0.25) is 0 Å². The van der Waals surface area contributed by atoms with Gasteiger partial charge in [-0.15, -0.1) is 0 Å². The second kappa shape index (κ2) is 5.52. The fraction of sp³-hybridized carbons (Fsp3) is 0.500. The third-order valence-electron chi connectivity index (χ3n) is 3.30. The zero-order valence-corrected chi connectivity index (χ0v) is 11.4. The third-order valence-corrected chi connectivity index (χ3v) is 5.20. The Morgan fingerprint density at radius 3 is 2.74 bits per heavy atom. The van der Waals surface area contributed by atoms with Crippen molar-refractivity contribution in [1.29, 1.82) is 0 Å². The fourth-order valence-electron chi connectivity index (χ4n) is 2.22. The first-order valence-corrected chi connectivity index (χ1v) is 7.51. The summed E-state index contributed by atoms with van der Waals surface area (Å²) in [7, 11) is -2.14. The molecule has 1 N–H and O–H groups in total. The quantitative estimate of drug-likeness (QED) is 0.914. The number of halogens is 2. The number of hydrogen-bond acceptors (Lipinski definition) is 3. The van der Waals surface area contributed by atoms with E-state index >= 15 is 0 Å². The third kappa shape index (κ3) is 2.93. The highest BCUT2D eigenvalue weighted by Crippen LogP contribution is 2.23. The van der Waals surface area contributed by atoms with Crippen LogP contribution >= 0.6 is 0 Å². The molecule has 1 aromatic rings. The highest BCUT2D eigenvalue weighted by molar-refractivity contribution is 7.89. The second-order valence-electron chi connectivity index (χ2n) is 4.57. The maximum atomic E-state index is 13.6. The molecule has 0 aromatic heterocycles. The van der Waals surface area contributed by atoms with E-state index in [4.69, 9.17) is 0 Å². The molecule has 1 aliphatic rings. The topological polar surface area (TPSA) is 49.4 Å². The van der Waals surface area contributed by atoms with E-state index in [2.05, 4.69) is 5.32 Å². The van der Waals surface area contributed by atoms with Crippen LogP contribution in [0.1, 0.15) is 12.8 Å². The van der Waals surface area contributed by atoms with Gasteiger partial charge in [-0.1, -0.05) is 0 Å². The Bertz CT molecular complexity index is 563. The first kappa shape index (κ1) is 14.4. The van der Waals surface area contributed by atoms with E-state index in [-0.39, 0.29) is 6.04 Å². The Balaban J connectivity index is 2.31. The SMILES string of the molecule is CN[C@H]1CCCN(S(=O)(=O)c2ccc(F)cc2F)C1. The number of nitrogens with one attached hydrogen (secondary N) is 1. The summed E-state index contributed by atoms with van der Waals surface area (Å²) in [5.41, 5.74) is 0. The van der Waals surface area contributed by atoms with Crippen LogP contribution in [0.15, 0.2) is 23.1 Å². The number of benzene rings is 1. The summed E-state index contributed by atoms with van der Waals surface area (Å²) in [5, 5.41) is 3.02. The molecular weight excluding hydrogens is 274 g/mol. The van der Waals surface area contributed by atoms with Gasteiger partial charge in [0.05, 0.1) is 0 Å². The summed E-state index contributed by atoms with van der Waals surface area (Å²) >= 11 is 0. The molecule has 0 spiro atoms. The van der Waals surface area contributed by atoms with Gasteiger partial charge in [0.15, 0.2) is 0 Å². The molecule has 0 radical (unpaired) electrons. The first-order chi connectivity index (χ1) is 8.95. The molecular formula is C12H16F2N2O2S. The molecule has 0 amide bonds.